The highest BCUT2D eigenvalue weighted by Gasteiger charge is 2.64. The van der Waals surface area contributed by atoms with Crippen LogP contribution < -0.4 is 0 Å². The third-order valence-corrected chi connectivity index (χ3v) is 6.73. The molecule has 0 spiro atoms. The minimum atomic E-state index is -2.74. The molecule has 0 bridgehead atoms. The van der Waals surface area contributed by atoms with Gasteiger partial charge in [0.15, 0.2) is 0 Å². The van der Waals surface area contributed by atoms with Gasteiger partial charge in [0.25, 0.3) is 0 Å². The summed E-state index contributed by atoms with van der Waals surface area (Å²) in [5, 5.41) is 9.22. The average Bonchev–Trinajstić information content (AvgIpc) is 2.78. The van der Waals surface area contributed by atoms with Gasteiger partial charge in [-0.2, -0.15) is 0 Å². The van der Waals surface area contributed by atoms with Crippen LogP contribution in [0.4, 0.5) is 4.39 Å². The highest BCUT2D eigenvalue weighted by Crippen LogP contribution is 2.51. The van der Waals surface area contributed by atoms with Crippen molar-refractivity contribution in [2.75, 3.05) is 7.11 Å². The summed E-state index contributed by atoms with van der Waals surface area (Å²) >= 11 is 0. The summed E-state index contributed by atoms with van der Waals surface area (Å²) in [5.41, 5.74) is 1.59. The van der Waals surface area contributed by atoms with Crippen LogP contribution in [0.2, 0.25) is 0 Å². The number of pyridine rings is 1. The molecule has 0 fully saturated rings. The molecule has 5 nitrogen and oxygen atoms in total. The molecule has 1 aromatic heterocycles. The maximum Gasteiger partial charge on any atom is 0.540 e. The number of carbonyl (C=O) groups is 1. The lowest BCUT2D eigenvalue weighted by atomic mass is 9.81. The van der Waals surface area contributed by atoms with Gasteiger partial charge in [0.1, 0.15) is 5.82 Å². The Labute approximate surface area is 187 Å². The highest BCUT2D eigenvalue weighted by atomic mass is 31.1. The van der Waals surface area contributed by atoms with Gasteiger partial charge in [-0.25, -0.2) is 9.18 Å². The molecule has 164 valence electrons. The zero-order valence-electron chi connectivity index (χ0n) is 18.1. The molecule has 0 aliphatic carbocycles. The third-order valence-electron chi connectivity index (χ3n) is 5.21. The van der Waals surface area contributed by atoms with Crippen LogP contribution in [0.3, 0.4) is 0 Å². The number of para-hydroxylation sites is 1. The van der Waals surface area contributed by atoms with Crippen LogP contribution in [0.15, 0.2) is 60.7 Å². The van der Waals surface area contributed by atoms with Crippen molar-refractivity contribution in [2.24, 2.45) is 5.92 Å². The number of carboxylic acid groups (broad SMARTS) is 1. The maximum absolute atomic E-state index is 13.3. The zero-order valence-corrected chi connectivity index (χ0v) is 19.0. The van der Waals surface area contributed by atoms with Crippen LogP contribution in [0.1, 0.15) is 37.4 Å². The highest BCUT2D eigenvalue weighted by molar-refractivity contribution is 7.43. The van der Waals surface area contributed by atoms with E-state index in [2.05, 4.69) is 11.8 Å². The molecule has 3 aromatic rings. The predicted molar refractivity (Wildman–Crippen MR) is 122 cm³/mol. The molecule has 0 saturated carbocycles. The number of aromatic nitrogens is 1. The summed E-state index contributed by atoms with van der Waals surface area (Å²) in [6.07, 6.45) is 0.375. The number of hydrogen-bond acceptors (Lipinski definition) is 4. The van der Waals surface area contributed by atoms with E-state index in [0.717, 1.165) is 5.39 Å². The van der Waals surface area contributed by atoms with Gasteiger partial charge >= 0.3 is 19.2 Å². The lowest BCUT2D eigenvalue weighted by molar-refractivity contribution is -0.139. The topological polar surface area (TPSA) is 76.5 Å². The molecule has 2 aromatic carbocycles. The standard InChI is InChI=1S/C25H23FNO4P/c1-17(2)16-21(23-13-10-19-6-4-5-7-22(19)27-23)25(24(28)29,32(30)31-3)15-14-18-8-11-20(26)12-9-18/h4-13,17,21H,16H2,1-3H3/p+1. The van der Waals surface area contributed by atoms with Crippen LogP contribution in [-0.4, -0.2) is 28.3 Å². The van der Waals surface area contributed by atoms with E-state index in [9.17, 15) is 18.9 Å². The SMILES string of the molecule is CO[P+](=O)C(C#Cc1ccc(F)cc1)(C(=O)O)C(CC(C)C)c1ccc2ccccc2n1. The smallest absolute Gasteiger partial charge is 0.477 e. The Bertz CT molecular complexity index is 1200. The van der Waals surface area contributed by atoms with Crippen LogP contribution >= 0.6 is 8.03 Å². The number of carboxylic acids is 1. The molecule has 32 heavy (non-hydrogen) atoms. The summed E-state index contributed by atoms with van der Waals surface area (Å²) < 4.78 is 31.5. The van der Waals surface area contributed by atoms with Crippen LogP contribution in [0.5, 0.6) is 0 Å². The number of rotatable bonds is 7. The van der Waals surface area contributed by atoms with E-state index in [1.165, 1.54) is 31.4 Å². The van der Waals surface area contributed by atoms with E-state index >= 15 is 0 Å². The molecule has 0 aliphatic heterocycles. The van der Waals surface area contributed by atoms with Crippen LogP contribution in [-0.2, 0) is 13.9 Å². The van der Waals surface area contributed by atoms with E-state index in [4.69, 9.17) is 9.51 Å². The Hall–Kier alpha value is -3.13. The van der Waals surface area contributed by atoms with Crippen molar-refractivity contribution < 1.29 is 23.4 Å². The van der Waals surface area contributed by atoms with Crippen molar-refractivity contribution in [3.63, 3.8) is 0 Å². The molecule has 7 heteroatoms. The average molecular weight is 452 g/mol. The van der Waals surface area contributed by atoms with Gasteiger partial charge in [-0.3, -0.25) is 4.98 Å². The summed E-state index contributed by atoms with van der Waals surface area (Å²) in [6, 6.07) is 16.5. The number of halogens is 1. The van der Waals surface area contributed by atoms with Crippen molar-refractivity contribution in [1.29, 1.82) is 0 Å². The first-order chi connectivity index (χ1) is 15.3. The first kappa shape index (κ1) is 23.5. The van der Waals surface area contributed by atoms with Crippen molar-refractivity contribution in [1.82, 2.24) is 4.98 Å². The van der Waals surface area contributed by atoms with Gasteiger partial charge in [-0.1, -0.05) is 44.0 Å². The lowest BCUT2D eigenvalue weighted by Gasteiger charge is -2.25. The van der Waals surface area contributed by atoms with E-state index in [1.54, 1.807) is 6.07 Å². The number of aliphatic carboxylic acids is 1. The van der Waals surface area contributed by atoms with Gasteiger partial charge < -0.3 is 5.11 Å². The number of fused-ring (bicyclic) bond motifs is 1. The van der Waals surface area contributed by atoms with E-state index < -0.39 is 30.9 Å². The molecule has 3 rings (SSSR count). The predicted octanol–water partition coefficient (Wildman–Crippen LogP) is 5.77. The minimum Gasteiger partial charge on any atom is -0.477 e. The quantitative estimate of drug-likeness (QED) is 0.364. The number of hydrogen-bond donors (Lipinski definition) is 1. The molecule has 0 radical (unpaired) electrons. The molecular formula is C25H24FNO4P+. The van der Waals surface area contributed by atoms with Gasteiger partial charge in [-0.15, -0.1) is 4.52 Å². The largest absolute Gasteiger partial charge is 0.540 e. The second-order valence-electron chi connectivity index (χ2n) is 7.88. The molecule has 3 atom stereocenters. The van der Waals surface area contributed by atoms with E-state index in [0.29, 0.717) is 23.2 Å². The fraction of sp³-hybridized carbons (Fsp3) is 0.280. The first-order valence-corrected chi connectivity index (χ1v) is 11.3. The molecule has 3 unspecified atom stereocenters. The fourth-order valence-electron chi connectivity index (χ4n) is 3.64. The van der Waals surface area contributed by atoms with Crippen molar-refractivity contribution in [2.45, 2.75) is 31.3 Å². The Kier molecular flexibility index (Phi) is 7.35. The Morgan fingerprint density at radius 2 is 1.84 bits per heavy atom. The number of nitrogens with zero attached hydrogens (tertiary/aromatic N) is 1. The van der Waals surface area contributed by atoms with Crippen molar-refractivity contribution in [3.05, 3.63) is 77.7 Å². The second kappa shape index (κ2) is 9.99. The Morgan fingerprint density at radius 1 is 1.16 bits per heavy atom. The Morgan fingerprint density at radius 3 is 2.47 bits per heavy atom. The minimum absolute atomic E-state index is 0.0693. The summed E-state index contributed by atoms with van der Waals surface area (Å²) in [7, 11) is -1.54. The van der Waals surface area contributed by atoms with E-state index in [1.807, 2.05) is 44.2 Å². The first-order valence-electron chi connectivity index (χ1n) is 10.2. The normalized spacial score (nSPS) is 14.3. The van der Waals surface area contributed by atoms with E-state index in [-0.39, 0.29) is 5.92 Å². The molecular weight excluding hydrogens is 428 g/mol. The summed E-state index contributed by atoms with van der Waals surface area (Å²) in [4.78, 5) is 17.4. The third kappa shape index (κ3) is 4.85. The maximum atomic E-state index is 13.3. The molecule has 0 saturated heterocycles. The van der Waals surface area contributed by atoms with Gasteiger partial charge in [0.05, 0.1) is 24.2 Å². The monoisotopic (exact) mass is 452 g/mol. The lowest BCUT2D eigenvalue weighted by Crippen LogP contribution is -2.41. The second-order valence-corrected chi connectivity index (χ2v) is 9.46. The van der Waals surface area contributed by atoms with Gasteiger partial charge in [-0.05, 0) is 59.2 Å². The summed E-state index contributed by atoms with van der Waals surface area (Å²) in [6.45, 7) is 3.90. The molecule has 0 aliphatic rings. The van der Waals surface area contributed by atoms with Crippen LogP contribution in [0.25, 0.3) is 10.9 Å². The summed E-state index contributed by atoms with van der Waals surface area (Å²) in [5.74, 6) is 3.02. The zero-order chi connectivity index (χ0) is 23.3. The van der Waals surface area contributed by atoms with Crippen molar-refractivity contribution in [3.8, 4) is 11.8 Å². The number of benzene rings is 2. The van der Waals surface area contributed by atoms with Gasteiger partial charge in [0.2, 0.25) is 0 Å². The van der Waals surface area contributed by atoms with Crippen molar-refractivity contribution >= 4 is 24.9 Å². The fourth-order valence-corrected chi connectivity index (χ4v) is 4.72. The molecule has 1 N–H and O–H groups in total. The van der Waals surface area contributed by atoms with Gasteiger partial charge in [0, 0.05) is 10.9 Å². The Balaban J connectivity index is 2.24. The molecule has 0 amide bonds. The molecule has 1 heterocycles. The van der Waals surface area contributed by atoms with Crippen LogP contribution in [0, 0.1) is 23.6 Å².